The molecule has 1 fully saturated rings. The highest BCUT2D eigenvalue weighted by molar-refractivity contribution is 5.73. The smallest absolute Gasteiger partial charge is 0.314 e. The number of carbonyl (C=O) groups is 1. The number of carbonyl (C=O) groups excluding carboxylic acids is 1. The molecule has 6 heteroatoms. The van der Waals surface area contributed by atoms with Gasteiger partial charge < -0.3 is 19.9 Å². The van der Waals surface area contributed by atoms with Gasteiger partial charge in [0.1, 0.15) is 5.82 Å². The van der Waals surface area contributed by atoms with Crippen molar-refractivity contribution in [3.8, 4) is 0 Å². The molecule has 0 unspecified atom stereocenters. The average Bonchev–Trinajstić information content (AvgIpc) is 3.15. The molecule has 0 aromatic carbocycles. The van der Waals surface area contributed by atoms with E-state index in [-0.39, 0.29) is 6.03 Å². The minimum Gasteiger partial charge on any atom is -0.378 e. The zero-order valence-electron chi connectivity index (χ0n) is 12.4. The van der Waals surface area contributed by atoms with Crippen LogP contribution in [-0.4, -0.2) is 41.4 Å². The second-order valence-electron chi connectivity index (χ2n) is 5.96. The molecule has 0 spiro atoms. The number of amides is 2. The Labute approximate surface area is 125 Å². The number of rotatable bonds is 5. The molecule has 2 aliphatic rings. The van der Waals surface area contributed by atoms with Crippen LogP contribution in [0, 0.1) is 5.92 Å². The predicted molar refractivity (Wildman–Crippen MR) is 79.0 cm³/mol. The molecule has 1 saturated heterocycles. The number of ether oxygens (including phenoxy) is 1. The standard InChI is InChI=1S/C15H24N4O2/c20-15(17-5-3-13-2-1-9-21-13)18-11-12-4-7-19-8-6-16-14(19)10-12/h6,8,12-13H,1-5,7,9-11H2,(H2,17,18,20)/t12-,13-/m1/s1. The highest BCUT2D eigenvalue weighted by atomic mass is 16.5. The molecule has 1 aromatic heterocycles. The Morgan fingerprint density at radius 3 is 3.24 bits per heavy atom. The van der Waals surface area contributed by atoms with Crippen LogP contribution in [0.3, 0.4) is 0 Å². The molecule has 0 radical (unpaired) electrons. The van der Waals surface area contributed by atoms with E-state index in [1.807, 2.05) is 12.4 Å². The van der Waals surface area contributed by atoms with Crippen molar-refractivity contribution in [2.75, 3.05) is 19.7 Å². The molecule has 0 saturated carbocycles. The molecule has 21 heavy (non-hydrogen) atoms. The minimum atomic E-state index is -0.0677. The van der Waals surface area contributed by atoms with E-state index in [2.05, 4.69) is 20.2 Å². The van der Waals surface area contributed by atoms with Gasteiger partial charge in [-0.05, 0) is 31.6 Å². The second kappa shape index (κ2) is 6.93. The molecule has 0 bridgehead atoms. The summed E-state index contributed by atoms with van der Waals surface area (Å²) in [5, 5.41) is 5.89. The number of fused-ring (bicyclic) bond motifs is 1. The number of nitrogens with one attached hydrogen (secondary N) is 2. The summed E-state index contributed by atoms with van der Waals surface area (Å²) in [5.41, 5.74) is 0. The molecule has 2 amide bonds. The Balaban J connectivity index is 1.31. The normalized spacial score (nSPS) is 24.6. The van der Waals surface area contributed by atoms with Crippen molar-refractivity contribution in [1.82, 2.24) is 20.2 Å². The molecule has 2 aliphatic heterocycles. The van der Waals surface area contributed by atoms with Crippen molar-refractivity contribution in [2.24, 2.45) is 5.92 Å². The van der Waals surface area contributed by atoms with Crippen LogP contribution >= 0.6 is 0 Å². The number of nitrogens with zero attached hydrogens (tertiary/aromatic N) is 2. The maximum atomic E-state index is 11.8. The number of aromatic nitrogens is 2. The van der Waals surface area contributed by atoms with E-state index in [1.165, 1.54) is 0 Å². The molecule has 2 atom stereocenters. The zero-order chi connectivity index (χ0) is 14.5. The quantitative estimate of drug-likeness (QED) is 0.860. The molecule has 3 heterocycles. The van der Waals surface area contributed by atoms with Crippen molar-refractivity contribution in [2.45, 2.75) is 44.8 Å². The summed E-state index contributed by atoms with van der Waals surface area (Å²) in [6, 6.07) is -0.0677. The van der Waals surface area contributed by atoms with Crippen LogP contribution in [0.2, 0.25) is 0 Å². The van der Waals surface area contributed by atoms with Crippen molar-refractivity contribution < 1.29 is 9.53 Å². The summed E-state index contributed by atoms with van der Waals surface area (Å²) < 4.78 is 7.73. The van der Waals surface area contributed by atoms with Gasteiger partial charge in [0, 0.05) is 45.1 Å². The fraction of sp³-hybridized carbons (Fsp3) is 0.733. The Bertz CT molecular complexity index is 468. The lowest BCUT2D eigenvalue weighted by atomic mass is 9.98. The predicted octanol–water partition coefficient (Wildman–Crippen LogP) is 1.31. The molecule has 6 nitrogen and oxygen atoms in total. The van der Waals surface area contributed by atoms with E-state index < -0.39 is 0 Å². The molecular formula is C15H24N4O2. The monoisotopic (exact) mass is 292 g/mol. The second-order valence-corrected chi connectivity index (χ2v) is 5.96. The van der Waals surface area contributed by atoms with Crippen LogP contribution in [-0.2, 0) is 17.7 Å². The van der Waals surface area contributed by atoms with E-state index in [9.17, 15) is 4.79 Å². The molecule has 1 aromatic rings. The maximum absolute atomic E-state index is 11.8. The van der Waals surface area contributed by atoms with E-state index in [1.54, 1.807) is 0 Å². The van der Waals surface area contributed by atoms with Crippen LogP contribution < -0.4 is 10.6 Å². The summed E-state index contributed by atoms with van der Waals surface area (Å²) in [5.74, 6) is 1.62. The average molecular weight is 292 g/mol. The van der Waals surface area contributed by atoms with Crippen molar-refractivity contribution in [1.29, 1.82) is 0 Å². The van der Waals surface area contributed by atoms with Crippen molar-refractivity contribution in [3.05, 3.63) is 18.2 Å². The summed E-state index contributed by atoms with van der Waals surface area (Å²) in [6.45, 7) is 3.28. The molecule has 116 valence electrons. The third kappa shape index (κ3) is 3.97. The highest BCUT2D eigenvalue weighted by Gasteiger charge is 2.19. The van der Waals surface area contributed by atoms with E-state index in [4.69, 9.17) is 4.74 Å². The third-order valence-electron chi connectivity index (χ3n) is 4.38. The van der Waals surface area contributed by atoms with Gasteiger partial charge in [0.2, 0.25) is 0 Å². The van der Waals surface area contributed by atoms with Crippen LogP contribution in [0.5, 0.6) is 0 Å². The topological polar surface area (TPSA) is 68.2 Å². The number of hydrogen-bond donors (Lipinski definition) is 2. The third-order valence-corrected chi connectivity index (χ3v) is 4.38. The van der Waals surface area contributed by atoms with Gasteiger partial charge in [-0.15, -0.1) is 0 Å². The number of imidazole rings is 1. The van der Waals surface area contributed by atoms with Crippen molar-refractivity contribution in [3.63, 3.8) is 0 Å². The van der Waals surface area contributed by atoms with Crippen LogP contribution in [0.4, 0.5) is 4.79 Å². The molecule has 3 rings (SSSR count). The first kappa shape index (κ1) is 14.4. The Kier molecular flexibility index (Phi) is 4.75. The van der Waals surface area contributed by atoms with Gasteiger partial charge in [0.25, 0.3) is 0 Å². The highest BCUT2D eigenvalue weighted by Crippen LogP contribution is 2.18. The van der Waals surface area contributed by atoms with Crippen molar-refractivity contribution >= 4 is 6.03 Å². The fourth-order valence-electron chi connectivity index (χ4n) is 3.11. The lowest BCUT2D eigenvalue weighted by molar-refractivity contribution is 0.104. The molecular weight excluding hydrogens is 268 g/mol. The van der Waals surface area contributed by atoms with E-state index in [0.29, 0.717) is 18.6 Å². The first-order valence-electron chi connectivity index (χ1n) is 7.94. The van der Waals surface area contributed by atoms with E-state index in [0.717, 1.165) is 57.6 Å². The van der Waals surface area contributed by atoms with E-state index >= 15 is 0 Å². The number of hydrogen-bond acceptors (Lipinski definition) is 3. The van der Waals surface area contributed by atoms with Gasteiger partial charge >= 0.3 is 6.03 Å². The summed E-state index contributed by atoms with van der Waals surface area (Å²) in [7, 11) is 0. The zero-order valence-corrected chi connectivity index (χ0v) is 12.4. The minimum absolute atomic E-state index is 0.0677. The van der Waals surface area contributed by atoms with Gasteiger partial charge in [0.15, 0.2) is 0 Å². The van der Waals surface area contributed by atoms with Crippen LogP contribution in [0.25, 0.3) is 0 Å². The Morgan fingerprint density at radius 1 is 1.43 bits per heavy atom. The van der Waals surface area contributed by atoms with Gasteiger partial charge in [-0.3, -0.25) is 0 Å². The SMILES string of the molecule is O=C(NCC[C@H]1CCCO1)NC[C@@H]1CCn2ccnc2C1. The maximum Gasteiger partial charge on any atom is 0.314 e. The lowest BCUT2D eigenvalue weighted by Gasteiger charge is -2.23. The number of aryl methyl sites for hydroxylation is 1. The molecule has 0 aliphatic carbocycles. The Morgan fingerprint density at radius 2 is 2.38 bits per heavy atom. The number of urea groups is 1. The van der Waals surface area contributed by atoms with Gasteiger partial charge in [-0.25, -0.2) is 9.78 Å². The first-order valence-corrected chi connectivity index (χ1v) is 7.94. The van der Waals surface area contributed by atoms with Crippen LogP contribution in [0.15, 0.2) is 12.4 Å². The Hall–Kier alpha value is -1.56. The lowest BCUT2D eigenvalue weighted by Crippen LogP contribution is -2.40. The fourth-order valence-corrected chi connectivity index (χ4v) is 3.11. The summed E-state index contributed by atoms with van der Waals surface area (Å²) >= 11 is 0. The van der Waals surface area contributed by atoms with Gasteiger partial charge in [0.05, 0.1) is 6.10 Å². The van der Waals surface area contributed by atoms with Crippen LogP contribution in [0.1, 0.15) is 31.5 Å². The van der Waals surface area contributed by atoms with Gasteiger partial charge in [-0.2, -0.15) is 0 Å². The summed E-state index contributed by atoms with van der Waals surface area (Å²) in [4.78, 5) is 16.1. The first-order chi connectivity index (χ1) is 10.3. The largest absolute Gasteiger partial charge is 0.378 e. The molecule has 2 N–H and O–H groups in total. The van der Waals surface area contributed by atoms with Gasteiger partial charge in [-0.1, -0.05) is 0 Å². The summed E-state index contributed by atoms with van der Waals surface area (Å²) in [6.07, 6.45) is 9.44.